The molecule has 0 spiro atoms. The lowest BCUT2D eigenvalue weighted by atomic mass is 10.1. The van der Waals surface area contributed by atoms with Crippen molar-refractivity contribution in [3.63, 3.8) is 0 Å². The number of carbonyl (C=O) groups is 1. The largest absolute Gasteiger partial charge is 0.352 e. The molecule has 1 fully saturated rings. The summed E-state index contributed by atoms with van der Waals surface area (Å²) in [7, 11) is 2.11. The molecule has 0 bridgehead atoms. The standard InChI is InChI=1S/C14H19ClN2O/c1-10-12(4-3-5-13(10)15)14(18)16-8-11-6-7-17(2)9-11/h3-5,11H,6-9H2,1-2H3,(H,16,18). The van der Waals surface area contributed by atoms with E-state index in [-0.39, 0.29) is 5.91 Å². The molecule has 1 saturated heterocycles. The predicted molar refractivity (Wildman–Crippen MR) is 74.1 cm³/mol. The van der Waals surface area contributed by atoms with E-state index in [9.17, 15) is 4.79 Å². The van der Waals surface area contributed by atoms with Gasteiger partial charge in [0.05, 0.1) is 0 Å². The summed E-state index contributed by atoms with van der Waals surface area (Å²) in [4.78, 5) is 14.4. The molecule has 1 aromatic rings. The van der Waals surface area contributed by atoms with Crippen LogP contribution in [-0.4, -0.2) is 37.5 Å². The van der Waals surface area contributed by atoms with Crippen molar-refractivity contribution in [1.82, 2.24) is 10.2 Å². The van der Waals surface area contributed by atoms with E-state index < -0.39 is 0 Å². The van der Waals surface area contributed by atoms with Crippen molar-refractivity contribution in [3.05, 3.63) is 34.3 Å². The minimum Gasteiger partial charge on any atom is -0.352 e. The van der Waals surface area contributed by atoms with Gasteiger partial charge in [-0.1, -0.05) is 17.7 Å². The van der Waals surface area contributed by atoms with Gasteiger partial charge in [-0.05, 0) is 50.6 Å². The molecule has 1 aliphatic rings. The SMILES string of the molecule is Cc1c(Cl)cccc1C(=O)NCC1CCN(C)C1. The smallest absolute Gasteiger partial charge is 0.251 e. The van der Waals surface area contributed by atoms with Crippen LogP contribution in [0.2, 0.25) is 5.02 Å². The first-order valence-corrected chi connectivity index (χ1v) is 6.67. The third kappa shape index (κ3) is 3.03. The number of nitrogens with zero attached hydrogens (tertiary/aromatic N) is 1. The summed E-state index contributed by atoms with van der Waals surface area (Å²) in [6.45, 7) is 4.81. The second kappa shape index (κ2) is 5.72. The number of likely N-dealkylation sites (tertiary alicyclic amines) is 1. The fourth-order valence-corrected chi connectivity index (χ4v) is 2.55. The van der Waals surface area contributed by atoms with E-state index in [2.05, 4.69) is 17.3 Å². The molecule has 1 unspecified atom stereocenters. The van der Waals surface area contributed by atoms with Gasteiger partial charge in [0.2, 0.25) is 0 Å². The van der Waals surface area contributed by atoms with Gasteiger partial charge in [-0.25, -0.2) is 0 Å². The minimum absolute atomic E-state index is 0.0236. The number of nitrogens with one attached hydrogen (secondary N) is 1. The quantitative estimate of drug-likeness (QED) is 0.911. The van der Waals surface area contributed by atoms with E-state index in [1.165, 1.54) is 0 Å². The zero-order valence-electron chi connectivity index (χ0n) is 10.9. The van der Waals surface area contributed by atoms with E-state index in [4.69, 9.17) is 11.6 Å². The Morgan fingerprint density at radius 2 is 2.33 bits per heavy atom. The molecule has 2 rings (SSSR count). The predicted octanol–water partition coefficient (Wildman–Crippen LogP) is 2.33. The maximum absolute atomic E-state index is 12.1. The fraction of sp³-hybridized carbons (Fsp3) is 0.500. The molecule has 0 aromatic heterocycles. The Hall–Kier alpha value is -1.06. The number of carbonyl (C=O) groups excluding carboxylic acids is 1. The van der Waals surface area contributed by atoms with Crippen LogP contribution in [0, 0.1) is 12.8 Å². The molecule has 1 amide bonds. The van der Waals surface area contributed by atoms with E-state index >= 15 is 0 Å². The van der Waals surface area contributed by atoms with Crippen LogP contribution >= 0.6 is 11.6 Å². The molecule has 1 N–H and O–H groups in total. The molecule has 18 heavy (non-hydrogen) atoms. The van der Waals surface area contributed by atoms with E-state index in [0.29, 0.717) is 16.5 Å². The first kappa shape index (κ1) is 13.4. The molecular weight excluding hydrogens is 248 g/mol. The molecule has 1 aliphatic heterocycles. The molecule has 1 heterocycles. The molecule has 98 valence electrons. The van der Waals surface area contributed by atoms with Crippen molar-refractivity contribution in [3.8, 4) is 0 Å². The lowest BCUT2D eigenvalue weighted by Crippen LogP contribution is -2.30. The van der Waals surface area contributed by atoms with Gasteiger partial charge in [0, 0.05) is 23.7 Å². The van der Waals surface area contributed by atoms with Crippen LogP contribution < -0.4 is 5.32 Å². The number of amides is 1. The van der Waals surface area contributed by atoms with Crippen molar-refractivity contribution in [1.29, 1.82) is 0 Å². The van der Waals surface area contributed by atoms with Crippen molar-refractivity contribution >= 4 is 17.5 Å². The molecule has 1 aromatic carbocycles. The molecular formula is C14H19ClN2O. The Balaban J connectivity index is 1.94. The summed E-state index contributed by atoms with van der Waals surface area (Å²) in [6.07, 6.45) is 1.16. The summed E-state index contributed by atoms with van der Waals surface area (Å²) in [5.41, 5.74) is 1.52. The molecule has 3 nitrogen and oxygen atoms in total. The van der Waals surface area contributed by atoms with E-state index in [1.54, 1.807) is 6.07 Å². The van der Waals surface area contributed by atoms with Crippen LogP contribution in [0.5, 0.6) is 0 Å². The summed E-state index contributed by atoms with van der Waals surface area (Å²) in [5, 5.41) is 3.65. The highest BCUT2D eigenvalue weighted by Crippen LogP contribution is 2.19. The van der Waals surface area contributed by atoms with Gasteiger partial charge in [-0.15, -0.1) is 0 Å². The number of halogens is 1. The highest BCUT2D eigenvalue weighted by Gasteiger charge is 2.20. The zero-order valence-corrected chi connectivity index (χ0v) is 11.6. The highest BCUT2D eigenvalue weighted by molar-refractivity contribution is 6.31. The third-order valence-corrected chi connectivity index (χ3v) is 3.96. The van der Waals surface area contributed by atoms with Gasteiger partial charge in [0.25, 0.3) is 5.91 Å². The first-order valence-electron chi connectivity index (χ1n) is 6.30. The Kier molecular flexibility index (Phi) is 4.25. The average molecular weight is 267 g/mol. The molecule has 0 saturated carbocycles. The Bertz CT molecular complexity index is 447. The van der Waals surface area contributed by atoms with Gasteiger partial charge < -0.3 is 10.2 Å². The van der Waals surface area contributed by atoms with Gasteiger partial charge in [-0.3, -0.25) is 4.79 Å². The van der Waals surface area contributed by atoms with Crippen molar-refractivity contribution < 1.29 is 4.79 Å². The van der Waals surface area contributed by atoms with Crippen molar-refractivity contribution in [2.45, 2.75) is 13.3 Å². The van der Waals surface area contributed by atoms with Crippen LogP contribution in [0.15, 0.2) is 18.2 Å². The molecule has 1 atom stereocenters. The lowest BCUT2D eigenvalue weighted by molar-refractivity contribution is 0.0947. The summed E-state index contributed by atoms with van der Waals surface area (Å²) >= 11 is 6.02. The fourth-order valence-electron chi connectivity index (χ4n) is 2.38. The van der Waals surface area contributed by atoms with E-state index in [1.807, 2.05) is 19.1 Å². The monoisotopic (exact) mass is 266 g/mol. The molecule has 0 radical (unpaired) electrons. The zero-order chi connectivity index (χ0) is 13.1. The van der Waals surface area contributed by atoms with E-state index in [0.717, 1.165) is 31.6 Å². The Morgan fingerprint density at radius 3 is 3.00 bits per heavy atom. The summed E-state index contributed by atoms with van der Waals surface area (Å²) < 4.78 is 0. The molecule has 0 aliphatic carbocycles. The maximum atomic E-state index is 12.1. The topological polar surface area (TPSA) is 32.3 Å². The van der Waals surface area contributed by atoms with Gasteiger partial charge in [-0.2, -0.15) is 0 Å². The normalized spacial score (nSPS) is 20.1. The maximum Gasteiger partial charge on any atom is 0.251 e. The van der Waals surface area contributed by atoms with Crippen LogP contribution in [0.3, 0.4) is 0 Å². The highest BCUT2D eigenvalue weighted by atomic mass is 35.5. The average Bonchev–Trinajstić information content (AvgIpc) is 2.76. The number of hydrogen-bond donors (Lipinski definition) is 1. The summed E-state index contributed by atoms with van der Waals surface area (Å²) in [5.74, 6) is 0.544. The van der Waals surface area contributed by atoms with Crippen molar-refractivity contribution in [2.24, 2.45) is 5.92 Å². The van der Waals surface area contributed by atoms with Gasteiger partial charge in [0.15, 0.2) is 0 Å². The number of hydrogen-bond acceptors (Lipinski definition) is 2. The summed E-state index contributed by atoms with van der Waals surface area (Å²) in [6, 6.07) is 5.44. The Labute approximate surface area is 113 Å². The lowest BCUT2D eigenvalue weighted by Gasteiger charge is -2.13. The second-order valence-electron chi connectivity index (χ2n) is 5.04. The first-order chi connectivity index (χ1) is 8.58. The minimum atomic E-state index is -0.0236. The number of rotatable bonds is 3. The Morgan fingerprint density at radius 1 is 1.56 bits per heavy atom. The van der Waals surface area contributed by atoms with Crippen LogP contribution in [0.4, 0.5) is 0 Å². The van der Waals surface area contributed by atoms with Crippen LogP contribution in [0.25, 0.3) is 0 Å². The van der Waals surface area contributed by atoms with Gasteiger partial charge in [0.1, 0.15) is 0 Å². The number of benzene rings is 1. The van der Waals surface area contributed by atoms with Crippen LogP contribution in [0.1, 0.15) is 22.3 Å². The van der Waals surface area contributed by atoms with Crippen LogP contribution in [-0.2, 0) is 0 Å². The van der Waals surface area contributed by atoms with Crippen molar-refractivity contribution in [2.75, 3.05) is 26.7 Å². The molecule has 4 heteroatoms. The second-order valence-corrected chi connectivity index (χ2v) is 5.45. The van der Waals surface area contributed by atoms with Gasteiger partial charge >= 0.3 is 0 Å². The third-order valence-electron chi connectivity index (χ3n) is 3.55.